The Bertz CT molecular complexity index is 878. The predicted molar refractivity (Wildman–Crippen MR) is 107 cm³/mol. The molecular weight excluding hydrogens is 348 g/mol. The summed E-state index contributed by atoms with van der Waals surface area (Å²) in [6.07, 6.45) is 7.43. The van der Waals surface area contributed by atoms with Gasteiger partial charge in [-0.05, 0) is 42.8 Å². The van der Waals surface area contributed by atoms with Gasteiger partial charge < -0.3 is 10.4 Å². The highest BCUT2D eigenvalue weighted by Crippen LogP contribution is 2.24. The maximum atomic E-state index is 12.5. The van der Waals surface area contributed by atoms with Gasteiger partial charge in [-0.1, -0.05) is 36.6 Å². The lowest BCUT2D eigenvalue weighted by molar-refractivity contribution is -0.116. The maximum absolute atomic E-state index is 12.5. The van der Waals surface area contributed by atoms with Crippen LogP contribution >= 0.6 is 11.6 Å². The number of amides is 1. The van der Waals surface area contributed by atoms with Gasteiger partial charge in [0.25, 0.3) is 5.91 Å². The number of terminal acetylenes is 1. The van der Waals surface area contributed by atoms with Crippen LogP contribution in [-0.4, -0.2) is 23.8 Å². The molecule has 2 rings (SSSR count). The summed E-state index contributed by atoms with van der Waals surface area (Å²) < 4.78 is 0. The molecule has 0 aliphatic heterocycles. The lowest BCUT2D eigenvalue weighted by Gasteiger charge is -2.09. The number of aliphatic hydroxyl groups is 1. The molecule has 2 N–H and O–H groups in total. The van der Waals surface area contributed by atoms with Gasteiger partial charge >= 0.3 is 0 Å². The first-order valence-electron chi connectivity index (χ1n) is 8.14. The van der Waals surface area contributed by atoms with Crippen LogP contribution in [0.1, 0.15) is 24.5 Å². The zero-order valence-corrected chi connectivity index (χ0v) is 15.1. The number of nitrogens with zero attached hydrogens (tertiary/aromatic N) is 1. The Labute approximate surface area is 158 Å². The molecule has 0 heterocycles. The number of hydrogen-bond acceptors (Lipinski definition) is 3. The van der Waals surface area contributed by atoms with E-state index in [1.54, 1.807) is 48.5 Å². The van der Waals surface area contributed by atoms with Gasteiger partial charge in [-0.3, -0.25) is 9.79 Å². The predicted octanol–water partition coefficient (Wildman–Crippen LogP) is 4.52. The largest absolute Gasteiger partial charge is 0.506 e. The lowest BCUT2D eigenvalue weighted by Crippen LogP contribution is -2.27. The van der Waals surface area contributed by atoms with E-state index in [1.807, 2.05) is 6.92 Å². The number of carbonyl (C=O) groups is 1. The standard InChI is InChI=1S/C21H19ClN2O2/c1-3-13-23-21(26)18(20(25)17-7-5-6-8-19(17)22)14-24-16-11-9-15(4-2)10-12-16/h2,5-12,14,25H,3,13H2,1H3,(H,23,26)/b20-18+,24-14?. The molecule has 26 heavy (non-hydrogen) atoms. The van der Waals surface area contributed by atoms with E-state index in [-0.39, 0.29) is 11.3 Å². The van der Waals surface area contributed by atoms with Crippen molar-refractivity contribution in [3.05, 3.63) is 70.3 Å². The van der Waals surface area contributed by atoms with Crippen LogP contribution in [0.25, 0.3) is 5.76 Å². The van der Waals surface area contributed by atoms with Crippen molar-refractivity contribution >= 4 is 35.2 Å². The fourth-order valence-corrected chi connectivity index (χ4v) is 2.37. The highest BCUT2D eigenvalue weighted by Gasteiger charge is 2.16. The van der Waals surface area contributed by atoms with E-state index in [9.17, 15) is 9.90 Å². The summed E-state index contributed by atoms with van der Waals surface area (Å²) >= 11 is 6.13. The molecule has 0 unspecified atom stereocenters. The highest BCUT2D eigenvalue weighted by molar-refractivity contribution is 6.32. The lowest BCUT2D eigenvalue weighted by atomic mass is 10.1. The quantitative estimate of drug-likeness (QED) is 0.342. The van der Waals surface area contributed by atoms with E-state index in [0.717, 1.165) is 12.0 Å². The Balaban J connectivity index is 2.42. The number of hydrogen-bond donors (Lipinski definition) is 2. The zero-order valence-electron chi connectivity index (χ0n) is 14.4. The SMILES string of the molecule is C#Cc1ccc(N=C/C(C(=O)NCCC)=C(\O)c2ccccc2Cl)cc1. The molecule has 0 aliphatic carbocycles. The second-order valence-corrected chi connectivity index (χ2v) is 5.85. The second-order valence-electron chi connectivity index (χ2n) is 5.45. The average Bonchev–Trinajstić information content (AvgIpc) is 2.67. The van der Waals surface area contributed by atoms with Gasteiger partial charge in [0.15, 0.2) is 0 Å². The van der Waals surface area contributed by atoms with Crippen LogP contribution in [0.3, 0.4) is 0 Å². The number of nitrogens with one attached hydrogen (secondary N) is 1. The third kappa shape index (κ3) is 4.98. The Morgan fingerprint density at radius 3 is 2.58 bits per heavy atom. The minimum absolute atomic E-state index is 0.0348. The van der Waals surface area contributed by atoms with E-state index in [2.05, 4.69) is 16.2 Å². The summed E-state index contributed by atoms with van der Waals surface area (Å²) in [5.41, 5.74) is 1.74. The van der Waals surface area contributed by atoms with Crippen LogP contribution in [0.15, 0.2) is 59.1 Å². The van der Waals surface area contributed by atoms with Gasteiger partial charge in [0.1, 0.15) is 5.76 Å². The van der Waals surface area contributed by atoms with Gasteiger partial charge in [-0.25, -0.2) is 0 Å². The molecule has 0 radical (unpaired) electrons. The Hall–Kier alpha value is -3.03. The van der Waals surface area contributed by atoms with Crippen molar-refractivity contribution in [3.8, 4) is 12.3 Å². The molecule has 0 spiro atoms. The second kappa shape index (κ2) is 9.45. The topological polar surface area (TPSA) is 61.7 Å². The molecule has 0 saturated carbocycles. The minimum atomic E-state index is -0.423. The molecule has 2 aromatic carbocycles. The molecule has 1 amide bonds. The van der Waals surface area contributed by atoms with Crippen LogP contribution in [0, 0.1) is 12.3 Å². The number of benzene rings is 2. The van der Waals surface area contributed by atoms with Crippen LogP contribution in [0.2, 0.25) is 5.02 Å². The van der Waals surface area contributed by atoms with Crippen LogP contribution in [0.4, 0.5) is 5.69 Å². The molecule has 0 saturated heterocycles. The van der Waals surface area contributed by atoms with E-state index < -0.39 is 5.91 Å². The third-order valence-corrected chi connectivity index (χ3v) is 3.87. The highest BCUT2D eigenvalue weighted by atomic mass is 35.5. The van der Waals surface area contributed by atoms with E-state index >= 15 is 0 Å². The number of halogens is 1. The van der Waals surface area contributed by atoms with E-state index in [4.69, 9.17) is 18.0 Å². The first-order valence-corrected chi connectivity index (χ1v) is 8.51. The van der Waals surface area contributed by atoms with Crippen LogP contribution in [-0.2, 0) is 4.79 Å². The van der Waals surface area contributed by atoms with Gasteiger partial charge in [0.05, 0.1) is 16.3 Å². The summed E-state index contributed by atoms with van der Waals surface area (Å²) in [6.45, 7) is 2.43. The number of aliphatic hydroxyl groups excluding tert-OH is 1. The molecule has 5 heteroatoms. The summed E-state index contributed by atoms with van der Waals surface area (Å²) in [6, 6.07) is 13.7. The van der Waals surface area contributed by atoms with Crippen molar-refractivity contribution in [1.29, 1.82) is 0 Å². The van der Waals surface area contributed by atoms with Crippen molar-refractivity contribution in [2.45, 2.75) is 13.3 Å². The normalized spacial score (nSPS) is 11.7. The molecule has 0 aromatic heterocycles. The molecule has 132 valence electrons. The molecule has 0 bridgehead atoms. The third-order valence-electron chi connectivity index (χ3n) is 3.54. The fraction of sp³-hybridized carbons (Fsp3) is 0.143. The van der Waals surface area contributed by atoms with Gasteiger partial charge in [0, 0.05) is 23.9 Å². The molecule has 0 aliphatic rings. The van der Waals surface area contributed by atoms with Crippen LogP contribution < -0.4 is 5.32 Å². The van der Waals surface area contributed by atoms with Crippen molar-refractivity contribution in [2.24, 2.45) is 4.99 Å². The van der Waals surface area contributed by atoms with Crippen molar-refractivity contribution < 1.29 is 9.90 Å². The molecular formula is C21H19ClN2O2. The maximum Gasteiger partial charge on any atom is 0.256 e. The summed E-state index contributed by atoms with van der Waals surface area (Å²) in [5, 5.41) is 13.7. The number of rotatable bonds is 6. The minimum Gasteiger partial charge on any atom is -0.506 e. The van der Waals surface area contributed by atoms with E-state index in [1.165, 1.54) is 6.21 Å². The van der Waals surface area contributed by atoms with E-state index in [0.29, 0.717) is 22.8 Å². The average molecular weight is 367 g/mol. The fourth-order valence-electron chi connectivity index (χ4n) is 2.14. The van der Waals surface area contributed by atoms with Crippen molar-refractivity contribution in [1.82, 2.24) is 5.32 Å². The van der Waals surface area contributed by atoms with Gasteiger partial charge in [-0.15, -0.1) is 6.42 Å². The van der Waals surface area contributed by atoms with Crippen LogP contribution in [0.5, 0.6) is 0 Å². The number of carbonyl (C=O) groups excluding carboxylic acids is 1. The molecule has 0 fully saturated rings. The van der Waals surface area contributed by atoms with Gasteiger partial charge in [-0.2, -0.15) is 0 Å². The summed E-state index contributed by atoms with van der Waals surface area (Å²) in [5.74, 6) is 1.88. The molecule has 0 atom stereocenters. The Morgan fingerprint density at radius 1 is 1.27 bits per heavy atom. The Kier molecular flexibility index (Phi) is 7.02. The molecule has 2 aromatic rings. The van der Waals surface area contributed by atoms with Gasteiger partial charge in [0.2, 0.25) is 0 Å². The first kappa shape index (κ1) is 19.3. The zero-order chi connectivity index (χ0) is 18.9. The number of aliphatic imine (C=N–C) groups is 1. The van der Waals surface area contributed by atoms with Crippen molar-refractivity contribution in [3.63, 3.8) is 0 Å². The first-order chi connectivity index (χ1) is 12.6. The summed E-state index contributed by atoms with van der Waals surface area (Å²) in [7, 11) is 0. The molecule has 4 nitrogen and oxygen atoms in total. The monoisotopic (exact) mass is 366 g/mol. The smallest absolute Gasteiger partial charge is 0.256 e. The summed E-state index contributed by atoms with van der Waals surface area (Å²) in [4.78, 5) is 16.7. The Morgan fingerprint density at radius 2 is 1.96 bits per heavy atom. The van der Waals surface area contributed by atoms with Crippen molar-refractivity contribution in [2.75, 3.05) is 6.54 Å².